The third-order valence-corrected chi connectivity index (χ3v) is 3.31. The molecule has 1 heterocycles. The van der Waals surface area contributed by atoms with Crippen molar-refractivity contribution in [1.82, 2.24) is 14.9 Å². The van der Waals surface area contributed by atoms with Gasteiger partial charge in [-0.05, 0) is 19.1 Å². The minimum atomic E-state index is -0.326. The highest BCUT2D eigenvalue weighted by molar-refractivity contribution is 5.99. The Balaban J connectivity index is 2.07. The van der Waals surface area contributed by atoms with E-state index in [4.69, 9.17) is 9.47 Å². The molecule has 0 aliphatic carbocycles. The summed E-state index contributed by atoms with van der Waals surface area (Å²) < 4.78 is 11.8. The minimum absolute atomic E-state index is 0.151. The van der Waals surface area contributed by atoms with Gasteiger partial charge < -0.3 is 14.8 Å². The molecule has 7 nitrogen and oxygen atoms in total. The van der Waals surface area contributed by atoms with E-state index in [2.05, 4.69) is 10.3 Å². The van der Waals surface area contributed by atoms with Crippen LogP contribution in [0.5, 0.6) is 11.5 Å². The number of methoxy groups -OCH3 is 2. The molecule has 1 amide bonds. The predicted octanol–water partition coefficient (Wildman–Crippen LogP) is 0.999. The number of aryl methyl sites for hydroxylation is 1. The number of carbonyl (C=O) groups is 1. The third kappa shape index (κ3) is 3.88. The van der Waals surface area contributed by atoms with Crippen LogP contribution in [-0.2, 0) is 6.54 Å². The maximum atomic E-state index is 12.4. The van der Waals surface area contributed by atoms with Crippen LogP contribution in [-0.4, -0.2) is 36.2 Å². The highest BCUT2D eigenvalue weighted by Gasteiger charge is 2.17. The molecule has 0 unspecified atom stereocenters. The topological polar surface area (TPSA) is 82.4 Å². The molecule has 1 N–H and O–H groups in total. The summed E-state index contributed by atoms with van der Waals surface area (Å²) in [5, 5.41) is 2.75. The number of hydrogen-bond donors (Lipinski definition) is 1. The lowest BCUT2D eigenvalue weighted by Crippen LogP contribution is -2.31. The zero-order valence-electron chi connectivity index (χ0n) is 13.3. The number of amides is 1. The van der Waals surface area contributed by atoms with Crippen LogP contribution < -0.4 is 20.3 Å². The Morgan fingerprint density at radius 2 is 1.91 bits per heavy atom. The molecule has 2 aromatic rings. The molecule has 0 radical (unpaired) electrons. The lowest BCUT2D eigenvalue weighted by Gasteiger charge is -2.13. The highest BCUT2D eigenvalue weighted by Crippen LogP contribution is 2.27. The lowest BCUT2D eigenvalue weighted by molar-refractivity contribution is 0.0946. The second kappa shape index (κ2) is 7.44. The summed E-state index contributed by atoms with van der Waals surface area (Å²) in [6.45, 7) is 2.36. The minimum Gasteiger partial charge on any atom is -0.496 e. The van der Waals surface area contributed by atoms with Crippen molar-refractivity contribution in [2.75, 3.05) is 20.8 Å². The summed E-state index contributed by atoms with van der Waals surface area (Å²) in [5.74, 6) is 0.527. The number of benzene rings is 1. The number of nitrogens with one attached hydrogen (secondary N) is 1. The first-order chi connectivity index (χ1) is 11.1. The average Bonchev–Trinajstić information content (AvgIpc) is 2.55. The van der Waals surface area contributed by atoms with Crippen molar-refractivity contribution < 1.29 is 14.3 Å². The molecule has 7 heteroatoms. The van der Waals surface area contributed by atoms with Crippen LogP contribution in [0.4, 0.5) is 0 Å². The Kier molecular flexibility index (Phi) is 5.35. The molecule has 0 saturated heterocycles. The summed E-state index contributed by atoms with van der Waals surface area (Å²) >= 11 is 0. The number of rotatable bonds is 6. The van der Waals surface area contributed by atoms with E-state index < -0.39 is 0 Å². The van der Waals surface area contributed by atoms with Gasteiger partial charge in [0.2, 0.25) is 0 Å². The fourth-order valence-electron chi connectivity index (χ4n) is 2.14. The van der Waals surface area contributed by atoms with Crippen LogP contribution in [0.25, 0.3) is 0 Å². The first-order valence-corrected chi connectivity index (χ1v) is 7.09. The molecule has 1 aromatic carbocycles. The van der Waals surface area contributed by atoms with E-state index in [1.54, 1.807) is 25.1 Å². The largest absolute Gasteiger partial charge is 0.496 e. The maximum Gasteiger partial charge on any atom is 0.258 e. The quantitative estimate of drug-likeness (QED) is 0.859. The molecular weight excluding hydrogens is 298 g/mol. The van der Waals surface area contributed by atoms with E-state index in [0.717, 1.165) is 0 Å². The molecule has 2 rings (SSSR count). The fraction of sp³-hybridized carbons (Fsp3) is 0.312. The second-order valence-electron chi connectivity index (χ2n) is 4.86. The number of hydrogen-bond acceptors (Lipinski definition) is 5. The van der Waals surface area contributed by atoms with E-state index in [1.807, 2.05) is 0 Å². The molecular formula is C16H19N3O4. The van der Waals surface area contributed by atoms with Crippen molar-refractivity contribution in [2.24, 2.45) is 0 Å². The van der Waals surface area contributed by atoms with Gasteiger partial charge >= 0.3 is 0 Å². The third-order valence-electron chi connectivity index (χ3n) is 3.31. The van der Waals surface area contributed by atoms with Crippen LogP contribution in [0, 0.1) is 6.92 Å². The van der Waals surface area contributed by atoms with Crippen LogP contribution in [0.2, 0.25) is 0 Å². The van der Waals surface area contributed by atoms with Gasteiger partial charge in [-0.1, -0.05) is 6.07 Å². The smallest absolute Gasteiger partial charge is 0.258 e. The van der Waals surface area contributed by atoms with Gasteiger partial charge in [0, 0.05) is 24.8 Å². The molecule has 122 valence electrons. The summed E-state index contributed by atoms with van der Waals surface area (Å²) in [7, 11) is 2.98. The molecule has 0 atom stereocenters. The SMILES string of the molecule is COc1cccc(OC)c1C(=O)NCCn1cnc(C)cc1=O. The van der Waals surface area contributed by atoms with Crippen LogP contribution in [0.1, 0.15) is 16.1 Å². The molecule has 0 aliphatic heterocycles. The van der Waals surface area contributed by atoms with Crippen LogP contribution in [0.15, 0.2) is 35.4 Å². The first-order valence-electron chi connectivity index (χ1n) is 7.09. The second-order valence-corrected chi connectivity index (χ2v) is 4.86. The maximum absolute atomic E-state index is 12.4. The molecule has 23 heavy (non-hydrogen) atoms. The van der Waals surface area contributed by atoms with Crippen LogP contribution >= 0.6 is 0 Å². The van der Waals surface area contributed by atoms with Gasteiger partial charge in [0.05, 0.1) is 20.5 Å². The Labute approximate surface area is 133 Å². The number of carbonyl (C=O) groups excluding carboxylic acids is 1. The Morgan fingerprint density at radius 3 is 2.48 bits per heavy atom. The van der Waals surface area contributed by atoms with Crippen molar-refractivity contribution >= 4 is 5.91 Å². The van der Waals surface area contributed by atoms with E-state index >= 15 is 0 Å². The number of aromatic nitrogens is 2. The van der Waals surface area contributed by atoms with Crippen molar-refractivity contribution in [3.63, 3.8) is 0 Å². The summed E-state index contributed by atoms with van der Waals surface area (Å²) in [6, 6.07) is 6.56. The average molecular weight is 317 g/mol. The standard InChI is InChI=1S/C16H19N3O4/c1-11-9-14(20)19(10-18-11)8-7-17-16(21)15-12(22-2)5-4-6-13(15)23-3/h4-6,9-10H,7-8H2,1-3H3,(H,17,21). The van der Waals surface area contributed by atoms with E-state index in [1.165, 1.54) is 31.2 Å². The van der Waals surface area contributed by atoms with Crippen molar-refractivity contribution in [1.29, 1.82) is 0 Å². The zero-order valence-corrected chi connectivity index (χ0v) is 13.3. The van der Waals surface area contributed by atoms with Crippen molar-refractivity contribution in [3.8, 4) is 11.5 Å². The monoisotopic (exact) mass is 317 g/mol. The van der Waals surface area contributed by atoms with E-state index in [9.17, 15) is 9.59 Å². The van der Waals surface area contributed by atoms with Crippen molar-refractivity contribution in [3.05, 3.63) is 52.2 Å². The summed E-state index contributed by atoms with van der Waals surface area (Å²) in [6.07, 6.45) is 1.47. The molecule has 0 bridgehead atoms. The molecule has 1 aromatic heterocycles. The van der Waals surface area contributed by atoms with Crippen molar-refractivity contribution in [2.45, 2.75) is 13.5 Å². The molecule has 0 fully saturated rings. The van der Waals surface area contributed by atoms with Crippen LogP contribution in [0.3, 0.4) is 0 Å². The number of ether oxygens (including phenoxy) is 2. The Hall–Kier alpha value is -2.83. The summed E-state index contributed by atoms with van der Waals surface area (Å²) in [4.78, 5) is 28.2. The zero-order chi connectivity index (χ0) is 16.8. The Morgan fingerprint density at radius 1 is 1.26 bits per heavy atom. The van der Waals surface area contributed by atoms with Gasteiger partial charge in [-0.15, -0.1) is 0 Å². The molecule has 0 aliphatic rings. The fourth-order valence-corrected chi connectivity index (χ4v) is 2.14. The van der Waals surface area contributed by atoms with E-state index in [0.29, 0.717) is 29.3 Å². The lowest BCUT2D eigenvalue weighted by atomic mass is 10.1. The normalized spacial score (nSPS) is 10.2. The van der Waals surface area contributed by atoms with Gasteiger partial charge in [0.25, 0.3) is 11.5 Å². The van der Waals surface area contributed by atoms with Gasteiger partial charge in [0.1, 0.15) is 17.1 Å². The first kappa shape index (κ1) is 16.5. The van der Waals surface area contributed by atoms with Gasteiger partial charge in [0.15, 0.2) is 0 Å². The van der Waals surface area contributed by atoms with Gasteiger partial charge in [-0.25, -0.2) is 4.98 Å². The molecule has 0 spiro atoms. The number of nitrogens with zero attached hydrogens (tertiary/aromatic N) is 2. The molecule has 0 saturated carbocycles. The van der Waals surface area contributed by atoms with Gasteiger partial charge in [-0.2, -0.15) is 0 Å². The highest BCUT2D eigenvalue weighted by atomic mass is 16.5. The van der Waals surface area contributed by atoms with Gasteiger partial charge in [-0.3, -0.25) is 14.2 Å². The predicted molar refractivity (Wildman–Crippen MR) is 85.1 cm³/mol. The Bertz CT molecular complexity index is 733. The summed E-state index contributed by atoms with van der Waals surface area (Å²) in [5.41, 5.74) is 0.836. The van der Waals surface area contributed by atoms with E-state index in [-0.39, 0.29) is 18.0 Å².